The van der Waals surface area contributed by atoms with E-state index >= 15 is 0 Å². The molecule has 2 saturated heterocycles. The lowest BCUT2D eigenvalue weighted by Crippen LogP contribution is -2.48. The van der Waals surface area contributed by atoms with Crippen LogP contribution in [0.3, 0.4) is 0 Å². The lowest BCUT2D eigenvalue weighted by Gasteiger charge is -2.41. The van der Waals surface area contributed by atoms with Gasteiger partial charge in [0, 0.05) is 32.2 Å². The smallest absolute Gasteiger partial charge is 0.149 e. The van der Waals surface area contributed by atoms with Gasteiger partial charge in [0.2, 0.25) is 0 Å². The standard InChI is InChI=1S/C15H25N5O/c1-12(19-6-8-21-9-7-19)13-2-4-20(5-3-13)15-11-17-10-14(16)18-15/h10-13H,2-9H2,1H3,(H2,16,18). The Hall–Kier alpha value is -1.40. The summed E-state index contributed by atoms with van der Waals surface area (Å²) >= 11 is 0. The molecule has 6 heteroatoms. The van der Waals surface area contributed by atoms with Crippen LogP contribution in [0.5, 0.6) is 0 Å². The third kappa shape index (κ3) is 3.44. The lowest BCUT2D eigenvalue weighted by atomic mass is 9.89. The summed E-state index contributed by atoms with van der Waals surface area (Å²) in [6.07, 6.45) is 5.81. The number of ether oxygens (including phenoxy) is 1. The Balaban J connectivity index is 1.54. The highest BCUT2D eigenvalue weighted by Crippen LogP contribution is 2.26. The van der Waals surface area contributed by atoms with Crippen LogP contribution in [0.4, 0.5) is 11.6 Å². The van der Waals surface area contributed by atoms with E-state index in [1.54, 1.807) is 6.20 Å². The molecule has 21 heavy (non-hydrogen) atoms. The Morgan fingerprint density at radius 2 is 1.90 bits per heavy atom. The monoisotopic (exact) mass is 291 g/mol. The maximum Gasteiger partial charge on any atom is 0.149 e. The molecular weight excluding hydrogens is 266 g/mol. The van der Waals surface area contributed by atoms with E-state index in [1.165, 1.54) is 12.8 Å². The molecule has 0 aromatic carbocycles. The van der Waals surface area contributed by atoms with Gasteiger partial charge in [-0.3, -0.25) is 9.88 Å². The molecule has 1 unspecified atom stereocenters. The van der Waals surface area contributed by atoms with Crippen LogP contribution in [-0.4, -0.2) is 60.3 Å². The van der Waals surface area contributed by atoms with Crippen LogP contribution >= 0.6 is 0 Å². The van der Waals surface area contributed by atoms with Crippen LogP contribution < -0.4 is 10.6 Å². The number of piperidine rings is 1. The molecule has 0 bridgehead atoms. The maximum atomic E-state index is 5.72. The second-order valence-electron chi connectivity index (χ2n) is 6.02. The minimum absolute atomic E-state index is 0.497. The minimum atomic E-state index is 0.497. The Kier molecular flexibility index (Phi) is 4.55. The maximum absolute atomic E-state index is 5.72. The van der Waals surface area contributed by atoms with Crippen molar-refractivity contribution in [3.05, 3.63) is 12.4 Å². The van der Waals surface area contributed by atoms with Crippen LogP contribution in [0, 0.1) is 5.92 Å². The summed E-state index contributed by atoms with van der Waals surface area (Å²) < 4.78 is 5.45. The van der Waals surface area contributed by atoms with Gasteiger partial charge in [0.25, 0.3) is 0 Å². The van der Waals surface area contributed by atoms with Gasteiger partial charge in [-0.25, -0.2) is 4.98 Å². The summed E-state index contributed by atoms with van der Waals surface area (Å²) in [7, 11) is 0. The molecule has 6 nitrogen and oxygen atoms in total. The minimum Gasteiger partial charge on any atom is -0.382 e. The van der Waals surface area contributed by atoms with Gasteiger partial charge in [-0.15, -0.1) is 0 Å². The molecule has 1 aromatic rings. The van der Waals surface area contributed by atoms with Crippen molar-refractivity contribution in [3.8, 4) is 0 Å². The summed E-state index contributed by atoms with van der Waals surface area (Å²) in [6, 6.07) is 0.642. The van der Waals surface area contributed by atoms with Gasteiger partial charge in [-0.1, -0.05) is 0 Å². The quantitative estimate of drug-likeness (QED) is 0.896. The summed E-state index contributed by atoms with van der Waals surface area (Å²) in [6.45, 7) is 8.34. The first-order valence-electron chi connectivity index (χ1n) is 7.88. The van der Waals surface area contributed by atoms with Gasteiger partial charge in [0.15, 0.2) is 0 Å². The SMILES string of the molecule is CC(C1CCN(c2cncc(N)n2)CC1)N1CCOCC1. The predicted octanol–water partition coefficient (Wildman–Crippen LogP) is 0.996. The van der Waals surface area contributed by atoms with Crippen LogP contribution in [0.15, 0.2) is 12.4 Å². The molecule has 1 aromatic heterocycles. The van der Waals surface area contributed by atoms with E-state index in [-0.39, 0.29) is 0 Å². The number of hydrogen-bond acceptors (Lipinski definition) is 6. The predicted molar refractivity (Wildman–Crippen MR) is 83.2 cm³/mol. The lowest BCUT2D eigenvalue weighted by molar-refractivity contribution is 0.00448. The summed E-state index contributed by atoms with van der Waals surface area (Å²) in [5, 5.41) is 0. The number of nitrogen functional groups attached to an aromatic ring is 1. The fourth-order valence-electron chi connectivity index (χ4n) is 3.42. The highest BCUT2D eigenvalue weighted by Gasteiger charge is 2.28. The van der Waals surface area contributed by atoms with Crippen molar-refractivity contribution in [1.29, 1.82) is 0 Å². The summed E-state index contributed by atoms with van der Waals surface area (Å²) in [5.74, 6) is 2.16. The number of morpholine rings is 1. The van der Waals surface area contributed by atoms with E-state index in [0.29, 0.717) is 11.9 Å². The molecular formula is C15H25N5O. The van der Waals surface area contributed by atoms with Crippen molar-refractivity contribution in [2.75, 3.05) is 50.0 Å². The molecule has 2 N–H and O–H groups in total. The Labute approximate surface area is 126 Å². The largest absolute Gasteiger partial charge is 0.382 e. The normalized spacial score (nSPS) is 23.2. The average molecular weight is 291 g/mol. The zero-order chi connectivity index (χ0) is 14.7. The van der Waals surface area contributed by atoms with Gasteiger partial charge in [-0.05, 0) is 25.7 Å². The first kappa shape index (κ1) is 14.5. The van der Waals surface area contributed by atoms with Crippen molar-refractivity contribution >= 4 is 11.6 Å². The number of aromatic nitrogens is 2. The Morgan fingerprint density at radius 3 is 2.57 bits per heavy atom. The van der Waals surface area contributed by atoms with E-state index in [1.807, 2.05) is 6.20 Å². The van der Waals surface area contributed by atoms with Crippen molar-refractivity contribution in [1.82, 2.24) is 14.9 Å². The van der Waals surface area contributed by atoms with Gasteiger partial charge in [0.05, 0.1) is 25.6 Å². The molecule has 1 atom stereocenters. The van der Waals surface area contributed by atoms with Gasteiger partial charge in [0.1, 0.15) is 11.6 Å². The van der Waals surface area contributed by atoms with E-state index in [4.69, 9.17) is 10.5 Å². The van der Waals surface area contributed by atoms with Crippen molar-refractivity contribution in [3.63, 3.8) is 0 Å². The van der Waals surface area contributed by atoms with Crippen LogP contribution in [-0.2, 0) is 4.74 Å². The van der Waals surface area contributed by atoms with Crippen molar-refractivity contribution in [2.24, 2.45) is 5.92 Å². The number of rotatable bonds is 3. The molecule has 2 fully saturated rings. The van der Waals surface area contributed by atoms with E-state index < -0.39 is 0 Å². The molecule has 3 heterocycles. The Morgan fingerprint density at radius 1 is 1.19 bits per heavy atom. The second kappa shape index (κ2) is 6.58. The number of nitrogens with two attached hydrogens (primary N) is 1. The molecule has 0 radical (unpaired) electrons. The fraction of sp³-hybridized carbons (Fsp3) is 0.733. The molecule has 0 aliphatic carbocycles. The third-order valence-corrected chi connectivity index (χ3v) is 4.81. The summed E-state index contributed by atoms with van der Waals surface area (Å²) in [5.41, 5.74) is 5.72. The van der Waals surface area contributed by atoms with Gasteiger partial charge in [-0.2, -0.15) is 0 Å². The van der Waals surface area contributed by atoms with Gasteiger partial charge >= 0.3 is 0 Å². The first-order chi connectivity index (χ1) is 10.2. The fourth-order valence-corrected chi connectivity index (χ4v) is 3.42. The number of nitrogens with zero attached hydrogens (tertiary/aromatic N) is 4. The zero-order valence-corrected chi connectivity index (χ0v) is 12.7. The first-order valence-corrected chi connectivity index (χ1v) is 7.88. The van der Waals surface area contributed by atoms with Gasteiger partial charge < -0.3 is 15.4 Å². The second-order valence-corrected chi connectivity index (χ2v) is 6.02. The topological polar surface area (TPSA) is 67.5 Å². The highest BCUT2D eigenvalue weighted by atomic mass is 16.5. The third-order valence-electron chi connectivity index (χ3n) is 4.81. The van der Waals surface area contributed by atoms with Crippen LogP contribution in [0.25, 0.3) is 0 Å². The average Bonchev–Trinajstić information content (AvgIpc) is 2.55. The van der Waals surface area contributed by atoms with Crippen LogP contribution in [0.1, 0.15) is 19.8 Å². The molecule has 0 spiro atoms. The zero-order valence-electron chi connectivity index (χ0n) is 12.7. The Bertz CT molecular complexity index is 455. The molecule has 2 aliphatic rings. The highest BCUT2D eigenvalue weighted by molar-refractivity contribution is 5.41. The molecule has 0 saturated carbocycles. The van der Waals surface area contributed by atoms with Crippen molar-refractivity contribution < 1.29 is 4.74 Å². The number of hydrogen-bond donors (Lipinski definition) is 1. The number of anilines is 2. The van der Waals surface area contributed by atoms with E-state index in [9.17, 15) is 0 Å². The van der Waals surface area contributed by atoms with Crippen molar-refractivity contribution in [2.45, 2.75) is 25.8 Å². The molecule has 2 aliphatic heterocycles. The van der Waals surface area contributed by atoms with E-state index in [2.05, 4.69) is 26.7 Å². The van der Waals surface area contributed by atoms with E-state index in [0.717, 1.165) is 51.1 Å². The molecule has 0 amide bonds. The van der Waals surface area contributed by atoms with Crippen LogP contribution in [0.2, 0.25) is 0 Å². The molecule has 3 rings (SSSR count). The molecule has 116 valence electrons. The summed E-state index contributed by atoms with van der Waals surface area (Å²) in [4.78, 5) is 13.4.